The number of fused-ring (bicyclic) bond motifs is 7. The van der Waals surface area contributed by atoms with Gasteiger partial charge in [-0.2, -0.15) is 0 Å². The van der Waals surface area contributed by atoms with E-state index in [9.17, 15) is 0 Å². The van der Waals surface area contributed by atoms with Gasteiger partial charge < -0.3 is 4.90 Å². The molecule has 0 fully saturated rings. The van der Waals surface area contributed by atoms with Gasteiger partial charge in [-0.15, -0.1) is 0 Å². The predicted octanol–water partition coefficient (Wildman–Crippen LogP) is 19.5. The van der Waals surface area contributed by atoms with Crippen LogP contribution < -0.4 is 4.90 Å². The average Bonchev–Trinajstić information content (AvgIpc) is 3.79. The molecule has 0 aliphatic heterocycles. The van der Waals surface area contributed by atoms with E-state index < -0.39 is 0 Å². The van der Waals surface area contributed by atoms with Crippen LogP contribution >= 0.6 is 0 Å². The standard InChI is InChI=1S/C71H63N/c1-68(2,3)49-42-47(43-50(44-49)69(4,5)6)52-32-21-24-46-25-22-33-57(66(46)52)55-29-15-19-38-64(55)72(51-40-41-54-53-28-13-17-35-60(53)70(7,8)63(54)45-51)65-39-20-16-30-56(65)58-34-23-37-62-67(58)59-31-14-18-36-61(59)71(62,9)48-26-11-10-12-27-48/h10-45H,1-9H3. The van der Waals surface area contributed by atoms with Crippen LogP contribution in [-0.2, 0) is 21.7 Å². The first-order valence-electron chi connectivity index (χ1n) is 25.8. The summed E-state index contributed by atoms with van der Waals surface area (Å²) in [6, 6.07) is 82.7. The van der Waals surface area contributed by atoms with Crippen molar-refractivity contribution in [3.05, 3.63) is 257 Å². The minimum Gasteiger partial charge on any atom is -0.309 e. The van der Waals surface area contributed by atoms with E-state index >= 15 is 0 Å². The number of hydrogen-bond donors (Lipinski definition) is 0. The second-order valence-corrected chi connectivity index (χ2v) is 23.0. The molecule has 0 spiro atoms. The van der Waals surface area contributed by atoms with E-state index in [1.54, 1.807) is 0 Å². The summed E-state index contributed by atoms with van der Waals surface area (Å²) < 4.78 is 0. The number of nitrogens with zero attached hydrogens (tertiary/aromatic N) is 1. The van der Waals surface area contributed by atoms with E-state index in [2.05, 4.69) is 286 Å². The topological polar surface area (TPSA) is 3.24 Å². The van der Waals surface area contributed by atoms with Crippen molar-refractivity contribution >= 4 is 27.8 Å². The van der Waals surface area contributed by atoms with Gasteiger partial charge in [-0.25, -0.2) is 0 Å². The quantitative estimate of drug-likeness (QED) is 0.154. The van der Waals surface area contributed by atoms with Gasteiger partial charge in [-0.3, -0.25) is 0 Å². The smallest absolute Gasteiger partial charge is 0.0540 e. The lowest BCUT2D eigenvalue weighted by Gasteiger charge is -2.32. The zero-order valence-electron chi connectivity index (χ0n) is 43.2. The van der Waals surface area contributed by atoms with E-state index in [1.165, 1.54) is 105 Å². The maximum Gasteiger partial charge on any atom is 0.0540 e. The highest BCUT2D eigenvalue weighted by Crippen LogP contribution is 2.58. The van der Waals surface area contributed by atoms with Crippen LogP contribution in [0.5, 0.6) is 0 Å². The van der Waals surface area contributed by atoms with E-state index in [0.717, 1.165) is 17.1 Å². The van der Waals surface area contributed by atoms with Crippen molar-refractivity contribution in [1.29, 1.82) is 0 Å². The van der Waals surface area contributed by atoms with Crippen molar-refractivity contribution in [2.75, 3.05) is 4.90 Å². The Balaban J connectivity index is 1.13. The summed E-state index contributed by atoms with van der Waals surface area (Å²) in [5.41, 5.74) is 24.8. The third kappa shape index (κ3) is 7.11. The Morgan fingerprint density at radius 1 is 0.347 bits per heavy atom. The van der Waals surface area contributed by atoms with Gasteiger partial charge in [0.2, 0.25) is 0 Å². The Kier molecular flexibility index (Phi) is 10.5. The molecule has 0 aromatic heterocycles. The van der Waals surface area contributed by atoms with Crippen LogP contribution in [0.3, 0.4) is 0 Å². The summed E-state index contributed by atoms with van der Waals surface area (Å²) in [5.74, 6) is 0. The molecule has 1 unspecified atom stereocenters. The summed E-state index contributed by atoms with van der Waals surface area (Å²) in [7, 11) is 0. The Morgan fingerprint density at radius 2 is 0.833 bits per heavy atom. The lowest BCUT2D eigenvalue weighted by molar-refractivity contribution is 0.569. The average molecular weight is 930 g/mol. The minimum atomic E-state index is -0.322. The highest BCUT2D eigenvalue weighted by molar-refractivity contribution is 6.10. The molecule has 2 aliphatic carbocycles. The zero-order chi connectivity index (χ0) is 49.7. The van der Waals surface area contributed by atoms with Gasteiger partial charge in [-0.05, 0) is 136 Å². The van der Waals surface area contributed by atoms with Crippen LogP contribution in [0.2, 0.25) is 0 Å². The monoisotopic (exact) mass is 929 g/mol. The van der Waals surface area contributed by atoms with E-state index in [1.807, 2.05) is 0 Å². The molecular weight excluding hydrogens is 867 g/mol. The van der Waals surface area contributed by atoms with Crippen molar-refractivity contribution in [2.45, 2.75) is 84.0 Å². The molecule has 0 radical (unpaired) electrons. The Morgan fingerprint density at radius 3 is 1.49 bits per heavy atom. The van der Waals surface area contributed by atoms with Gasteiger partial charge in [0.1, 0.15) is 0 Å². The molecule has 0 amide bonds. The van der Waals surface area contributed by atoms with Gasteiger partial charge in [0.15, 0.2) is 0 Å². The molecule has 1 nitrogen and oxygen atoms in total. The highest BCUT2D eigenvalue weighted by atomic mass is 15.1. The van der Waals surface area contributed by atoms with Crippen molar-refractivity contribution in [2.24, 2.45) is 0 Å². The number of anilines is 3. The third-order valence-electron chi connectivity index (χ3n) is 16.3. The third-order valence-corrected chi connectivity index (χ3v) is 16.3. The molecule has 352 valence electrons. The SMILES string of the molecule is CC(C)(C)c1cc(-c2cccc3cccc(-c4ccccc4N(c4ccc5c(c4)C(C)(C)c4ccccc4-5)c4ccccc4-c4cccc5c4-c4ccccc4C5(C)c4ccccc4)c23)cc(C(C)(C)C)c1. The second kappa shape index (κ2) is 16.7. The predicted molar refractivity (Wildman–Crippen MR) is 307 cm³/mol. The molecule has 2 aliphatic rings. The fraction of sp³-hybridized carbons (Fsp3) is 0.183. The summed E-state index contributed by atoms with van der Waals surface area (Å²) in [4.78, 5) is 2.57. The first-order valence-corrected chi connectivity index (χ1v) is 25.8. The Bertz CT molecular complexity index is 3720. The van der Waals surface area contributed by atoms with Gasteiger partial charge in [0, 0.05) is 27.6 Å². The molecule has 72 heavy (non-hydrogen) atoms. The first kappa shape index (κ1) is 45.4. The van der Waals surface area contributed by atoms with Crippen molar-refractivity contribution in [3.8, 4) is 55.6 Å². The summed E-state index contributed by atoms with van der Waals surface area (Å²) in [6.07, 6.45) is 0. The number of rotatable bonds is 7. The maximum atomic E-state index is 2.57. The summed E-state index contributed by atoms with van der Waals surface area (Å²) in [6.45, 7) is 21.2. The maximum absolute atomic E-state index is 2.57. The van der Waals surface area contributed by atoms with Crippen LogP contribution in [0.25, 0.3) is 66.4 Å². The molecular formula is C71H63N. The molecule has 0 saturated carbocycles. The molecule has 12 rings (SSSR count). The molecule has 10 aromatic carbocycles. The van der Waals surface area contributed by atoms with Crippen LogP contribution in [0.4, 0.5) is 17.1 Å². The minimum absolute atomic E-state index is 0.0170. The zero-order valence-corrected chi connectivity index (χ0v) is 43.2. The Hall–Kier alpha value is -7.74. The normalized spacial score (nSPS) is 15.5. The molecule has 0 heterocycles. The van der Waals surface area contributed by atoms with Crippen LogP contribution in [0.1, 0.15) is 101 Å². The molecule has 1 atom stereocenters. The van der Waals surface area contributed by atoms with Gasteiger partial charge in [0.05, 0.1) is 11.4 Å². The first-order chi connectivity index (χ1) is 34.6. The van der Waals surface area contributed by atoms with Crippen molar-refractivity contribution < 1.29 is 0 Å². The van der Waals surface area contributed by atoms with E-state index in [-0.39, 0.29) is 21.7 Å². The van der Waals surface area contributed by atoms with Gasteiger partial charge in [0.25, 0.3) is 0 Å². The molecule has 0 bridgehead atoms. The van der Waals surface area contributed by atoms with Crippen LogP contribution in [0, 0.1) is 0 Å². The second-order valence-electron chi connectivity index (χ2n) is 23.0. The molecule has 1 heteroatoms. The van der Waals surface area contributed by atoms with E-state index in [0.29, 0.717) is 0 Å². The van der Waals surface area contributed by atoms with Crippen molar-refractivity contribution in [3.63, 3.8) is 0 Å². The van der Waals surface area contributed by atoms with Gasteiger partial charge in [-0.1, -0.05) is 250 Å². The van der Waals surface area contributed by atoms with Crippen LogP contribution in [-0.4, -0.2) is 0 Å². The van der Waals surface area contributed by atoms with E-state index in [4.69, 9.17) is 0 Å². The summed E-state index contributed by atoms with van der Waals surface area (Å²) in [5, 5.41) is 2.48. The lowest BCUT2D eigenvalue weighted by atomic mass is 9.74. The van der Waals surface area contributed by atoms with Crippen molar-refractivity contribution in [1.82, 2.24) is 0 Å². The number of hydrogen-bond acceptors (Lipinski definition) is 1. The molecule has 0 N–H and O–H groups in total. The van der Waals surface area contributed by atoms with Gasteiger partial charge >= 0.3 is 0 Å². The lowest BCUT2D eigenvalue weighted by Crippen LogP contribution is -2.22. The number of para-hydroxylation sites is 2. The largest absolute Gasteiger partial charge is 0.309 e. The molecule has 0 saturated heterocycles. The number of benzene rings is 10. The summed E-state index contributed by atoms with van der Waals surface area (Å²) >= 11 is 0. The fourth-order valence-electron chi connectivity index (χ4n) is 12.3. The molecule has 10 aromatic rings. The van der Waals surface area contributed by atoms with Crippen LogP contribution in [0.15, 0.2) is 218 Å². The fourth-order valence-corrected chi connectivity index (χ4v) is 12.3. The highest BCUT2D eigenvalue weighted by Gasteiger charge is 2.42. The Labute approximate surface area is 427 Å².